The van der Waals surface area contributed by atoms with E-state index in [0.29, 0.717) is 0 Å². The maximum absolute atomic E-state index is 11.2. The Hall–Kier alpha value is -1.26. The summed E-state index contributed by atoms with van der Waals surface area (Å²) in [4.78, 5) is 16.6. The molecule has 2 unspecified atom stereocenters. The number of halogens is 1. The van der Waals surface area contributed by atoms with Gasteiger partial charge in [-0.3, -0.25) is 0 Å². The Kier molecular flexibility index (Phi) is 3.14. The molecule has 18 heavy (non-hydrogen) atoms. The van der Waals surface area contributed by atoms with Crippen molar-refractivity contribution in [3.63, 3.8) is 0 Å². The molecule has 0 spiro atoms. The molecule has 1 aromatic carbocycles. The van der Waals surface area contributed by atoms with Gasteiger partial charge in [-0.1, -0.05) is 6.07 Å². The van der Waals surface area contributed by atoms with Gasteiger partial charge in [-0.25, -0.2) is 4.79 Å². The van der Waals surface area contributed by atoms with Crippen molar-refractivity contribution < 1.29 is 4.74 Å². The molecule has 0 radical (unpaired) electrons. The first kappa shape index (κ1) is 11.8. The van der Waals surface area contributed by atoms with E-state index in [-0.39, 0.29) is 17.2 Å². The van der Waals surface area contributed by atoms with E-state index in [1.807, 2.05) is 18.2 Å². The second-order valence-corrected chi connectivity index (χ2v) is 5.25. The van der Waals surface area contributed by atoms with Crippen molar-refractivity contribution in [1.82, 2.24) is 9.97 Å². The van der Waals surface area contributed by atoms with Crippen LogP contribution in [0.3, 0.4) is 0 Å². The summed E-state index contributed by atoms with van der Waals surface area (Å²) in [6.07, 6.45) is 3.31. The van der Waals surface area contributed by atoms with E-state index < -0.39 is 0 Å². The Bertz CT molecular complexity index is 598. The van der Waals surface area contributed by atoms with Crippen molar-refractivity contribution in [3.8, 4) is 0 Å². The van der Waals surface area contributed by atoms with Crippen molar-refractivity contribution in [1.29, 1.82) is 0 Å². The molecule has 2 atom stereocenters. The van der Waals surface area contributed by atoms with Crippen molar-refractivity contribution in [2.45, 2.75) is 30.7 Å². The van der Waals surface area contributed by atoms with E-state index in [1.165, 1.54) is 0 Å². The molecule has 2 heterocycles. The van der Waals surface area contributed by atoms with Gasteiger partial charge in [0.05, 0.1) is 22.5 Å². The summed E-state index contributed by atoms with van der Waals surface area (Å²) in [5.74, 6) is 0. The fraction of sp³-hybridized carbons (Fsp3) is 0.462. The van der Waals surface area contributed by atoms with Gasteiger partial charge in [0, 0.05) is 6.61 Å². The Morgan fingerprint density at radius 1 is 1.39 bits per heavy atom. The van der Waals surface area contributed by atoms with E-state index in [1.54, 1.807) is 0 Å². The number of hydrogen-bond acceptors (Lipinski definition) is 2. The molecule has 1 fully saturated rings. The van der Waals surface area contributed by atoms with Crippen molar-refractivity contribution >= 4 is 22.6 Å². The first-order chi connectivity index (χ1) is 8.72. The highest BCUT2D eigenvalue weighted by molar-refractivity contribution is 6.20. The number of imidazole rings is 1. The molecule has 4 nitrogen and oxygen atoms in total. The molecule has 1 aromatic heterocycles. The van der Waals surface area contributed by atoms with E-state index >= 15 is 0 Å². The molecule has 1 aliphatic rings. The monoisotopic (exact) mass is 266 g/mol. The van der Waals surface area contributed by atoms with Crippen molar-refractivity contribution in [2.24, 2.45) is 0 Å². The van der Waals surface area contributed by atoms with Gasteiger partial charge in [0.2, 0.25) is 0 Å². The zero-order valence-corrected chi connectivity index (χ0v) is 10.7. The molecule has 0 amide bonds. The van der Waals surface area contributed by atoms with Crippen LogP contribution in [-0.2, 0) is 4.74 Å². The molecule has 0 bridgehead atoms. The normalized spacial score (nSPS) is 21.5. The van der Waals surface area contributed by atoms with Crippen molar-refractivity contribution in [3.05, 3.63) is 34.2 Å². The topological polar surface area (TPSA) is 57.9 Å². The highest BCUT2D eigenvalue weighted by Crippen LogP contribution is 2.31. The average Bonchev–Trinajstić information content (AvgIpc) is 2.95. The van der Waals surface area contributed by atoms with Crippen LogP contribution in [0.2, 0.25) is 0 Å². The summed E-state index contributed by atoms with van der Waals surface area (Å²) in [6.45, 7) is 0.846. The quantitative estimate of drug-likeness (QED) is 0.839. The number of nitrogens with one attached hydrogen (secondary N) is 2. The summed E-state index contributed by atoms with van der Waals surface area (Å²) in [6, 6.07) is 5.77. The van der Waals surface area contributed by atoms with Gasteiger partial charge in [0.25, 0.3) is 0 Å². The largest absolute Gasteiger partial charge is 0.378 e. The molecule has 3 rings (SSSR count). The lowest BCUT2D eigenvalue weighted by atomic mass is 10.0. The Morgan fingerprint density at radius 3 is 3.00 bits per heavy atom. The second-order valence-electron chi connectivity index (χ2n) is 4.72. The number of aromatic nitrogens is 2. The third-order valence-corrected chi connectivity index (χ3v) is 3.83. The van der Waals surface area contributed by atoms with Crippen molar-refractivity contribution in [2.75, 3.05) is 6.61 Å². The van der Waals surface area contributed by atoms with E-state index in [9.17, 15) is 4.79 Å². The lowest BCUT2D eigenvalue weighted by Gasteiger charge is -2.14. The van der Waals surface area contributed by atoms with Gasteiger partial charge in [-0.15, -0.1) is 11.6 Å². The third-order valence-electron chi connectivity index (χ3n) is 3.40. The van der Waals surface area contributed by atoms with Gasteiger partial charge >= 0.3 is 5.69 Å². The zero-order chi connectivity index (χ0) is 12.5. The van der Waals surface area contributed by atoms with E-state index in [2.05, 4.69) is 9.97 Å². The van der Waals surface area contributed by atoms with Crippen LogP contribution in [0, 0.1) is 0 Å². The maximum Gasteiger partial charge on any atom is 0.323 e. The molecule has 0 saturated carbocycles. The highest BCUT2D eigenvalue weighted by Gasteiger charge is 2.20. The lowest BCUT2D eigenvalue weighted by Crippen LogP contribution is -2.08. The zero-order valence-electron chi connectivity index (χ0n) is 9.91. The van der Waals surface area contributed by atoms with Crippen LogP contribution in [0.15, 0.2) is 23.0 Å². The summed E-state index contributed by atoms with van der Waals surface area (Å²) >= 11 is 6.41. The number of benzene rings is 1. The fourth-order valence-electron chi connectivity index (χ4n) is 2.44. The maximum atomic E-state index is 11.2. The second kappa shape index (κ2) is 4.78. The van der Waals surface area contributed by atoms with Crippen LogP contribution >= 0.6 is 11.6 Å². The number of H-pyrrole nitrogens is 2. The molecule has 0 aliphatic carbocycles. The van der Waals surface area contributed by atoms with Gasteiger partial charge in [0.1, 0.15) is 0 Å². The SMILES string of the molecule is O=c1[nH]c2ccc(C(Cl)CC3CCCO3)cc2[nH]1. The smallest absolute Gasteiger partial charge is 0.323 e. The summed E-state index contributed by atoms with van der Waals surface area (Å²) < 4.78 is 5.59. The minimum absolute atomic E-state index is 0.0732. The average molecular weight is 267 g/mol. The van der Waals surface area contributed by atoms with Gasteiger partial charge in [-0.2, -0.15) is 0 Å². The molecule has 2 N–H and O–H groups in total. The minimum atomic E-state index is -0.188. The highest BCUT2D eigenvalue weighted by atomic mass is 35.5. The third kappa shape index (κ3) is 2.31. The van der Waals surface area contributed by atoms with Crippen LogP contribution in [-0.4, -0.2) is 22.7 Å². The molecule has 1 aliphatic heterocycles. The van der Waals surface area contributed by atoms with Crippen LogP contribution in [0.5, 0.6) is 0 Å². The first-order valence-corrected chi connectivity index (χ1v) is 6.63. The van der Waals surface area contributed by atoms with Crippen LogP contribution in [0.1, 0.15) is 30.2 Å². The number of aromatic amines is 2. The van der Waals surface area contributed by atoms with Gasteiger partial charge in [-0.05, 0) is 37.0 Å². The van der Waals surface area contributed by atoms with Crippen LogP contribution in [0.4, 0.5) is 0 Å². The van der Waals surface area contributed by atoms with Crippen LogP contribution < -0.4 is 5.69 Å². The summed E-state index contributed by atoms with van der Waals surface area (Å²) in [5.41, 5.74) is 2.45. The number of hydrogen-bond donors (Lipinski definition) is 2. The summed E-state index contributed by atoms with van der Waals surface area (Å²) in [7, 11) is 0. The van der Waals surface area contributed by atoms with Gasteiger partial charge in [0.15, 0.2) is 0 Å². The van der Waals surface area contributed by atoms with E-state index in [4.69, 9.17) is 16.3 Å². The molecule has 5 heteroatoms. The predicted octanol–water partition coefficient (Wildman–Crippen LogP) is 2.71. The number of rotatable bonds is 3. The van der Waals surface area contributed by atoms with Gasteiger partial charge < -0.3 is 14.7 Å². The molecular formula is C13H15ClN2O2. The first-order valence-electron chi connectivity index (χ1n) is 6.20. The van der Waals surface area contributed by atoms with Crippen LogP contribution in [0.25, 0.3) is 11.0 Å². The number of alkyl halides is 1. The Balaban J connectivity index is 1.81. The molecular weight excluding hydrogens is 252 g/mol. The Morgan fingerprint density at radius 2 is 2.22 bits per heavy atom. The van der Waals surface area contributed by atoms with E-state index in [0.717, 1.165) is 42.5 Å². The number of fused-ring (bicyclic) bond motifs is 1. The Labute approximate surface area is 109 Å². The molecule has 96 valence electrons. The number of ether oxygens (including phenoxy) is 1. The fourth-order valence-corrected chi connectivity index (χ4v) is 2.78. The standard InChI is InChI=1S/C13H15ClN2O2/c14-10(7-9-2-1-5-18-9)8-3-4-11-12(6-8)16-13(17)15-11/h3-4,6,9-10H,1-2,5,7H2,(H2,15,16,17). The minimum Gasteiger partial charge on any atom is -0.378 e. The predicted molar refractivity (Wildman–Crippen MR) is 71.1 cm³/mol. The molecule has 1 saturated heterocycles. The molecule has 2 aromatic rings. The summed E-state index contributed by atoms with van der Waals surface area (Å²) in [5, 5.41) is -0.0732. The lowest BCUT2D eigenvalue weighted by molar-refractivity contribution is 0.103.